The Morgan fingerprint density at radius 3 is 1.92 bits per heavy atom. The van der Waals surface area contributed by atoms with E-state index in [1.807, 2.05) is 0 Å². The summed E-state index contributed by atoms with van der Waals surface area (Å²) in [7, 11) is 0. The van der Waals surface area contributed by atoms with E-state index in [2.05, 4.69) is 17.6 Å². The summed E-state index contributed by atoms with van der Waals surface area (Å²) in [6.45, 7) is 2.21. The van der Waals surface area contributed by atoms with Gasteiger partial charge < -0.3 is 25.6 Å². The molecule has 1 amide bonds. The van der Waals surface area contributed by atoms with Crippen LogP contribution in [0.1, 0.15) is 77.6 Å². The van der Waals surface area contributed by atoms with Gasteiger partial charge in [-0.1, -0.05) is 64.5 Å². The number of aliphatic carboxylic acids is 1. The Balaban J connectivity index is -0.00000220. The Hall–Kier alpha value is 0.860. The molecule has 1 unspecified atom stereocenters. The van der Waals surface area contributed by atoms with Gasteiger partial charge in [0.25, 0.3) is 0 Å². The summed E-state index contributed by atoms with van der Waals surface area (Å²) >= 11 is 0. The second-order valence-corrected chi connectivity index (χ2v) is 5.62. The number of carboxylic acids is 1. The number of carbonyl (C=O) groups is 2. The van der Waals surface area contributed by atoms with Gasteiger partial charge in [0, 0.05) is 12.4 Å². The van der Waals surface area contributed by atoms with Crippen LogP contribution in [-0.4, -0.2) is 24.8 Å². The van der Waals surface area contributed by atoms with Crippen molar-refractivity contribution in [1.29, 1.82) is 0 Å². The van der Waals surface area contributed by atoms with Crippen molar-refractivity contribution in [1.82, 2.24) is 10.6 Å². The predicted octanol–water partition coefficient (Wildman–Crippen LogP) is -5.60. The van der Waals surface area contributed by atoms with E-state index in [-0.39, 0.29) is 71.7 Å². The van der Waals surface area contributed by atoms with E-state index < -0.39 is 18.6 Å². The fourth-order valence-corrected chi connectivity index (χ4v) is 2.17. The average Bonchev–Trinajstić information content (AvgIpc) is 2.44. The number of carbonyl (C=O) groups excluding carboxylic acids is 2. The van der Waals surface area contributed by atoms with Crippen LogP contribution in [0.5, 0.6) is 0 Å². The Kier molecular flexibility index (Phi) is 27.0. The number of hydrogen-bond acceptors (Lipinski definition) is 5. The molecular formula is C16H30N2Na2O4. The van der Waals surface area contributed by atoms with E-state index in [1.165, 1.54) is 38.5 Å². The molecule has 1 atom stereocenters. The second-order valence-electron chi connectivity index (χ2n) is 5.62. The summed E-state index contributed by atoms with van der Waals surface area (Å²) in [5.41, 5.74) is 0. The molecular weight excluding hydrogens is 330 g/mol. The summed E-state index contributed by atoms with van der Waals surface area (Å²) in [6, 6.07) is 0. The maximum absolute atomic E-state index is 11.5. The van der Waals surface area contributed by atoms with Crippen LogP contribution in [-0.2, 0) is 9.59 Å². The van der Waals surface area contributed by atoms with E-state index in [0.29, 0.717) is 6.42 Å². The van der Waals surface area contributed by atoms with Crippen LogP contribution in [0.15, 0.2) is 0 Å². The molecule has 0 radical (unpaired) electrons. The maximum Gasteiger partial charge on any atom is 1.00 e. The van der Waals surface area contributed by atoms with Crippen LogP contribution in [0.3, 0.4) is 0 Å². The second kappa shape index (κ2) is 21.9. The van der Waals surface area contributed by atoms with Crippen molar-refractivity contribution in [2.75, 3.05) is 6.67 Å². The molecule has 8 heteroatoms. The monoisotopic (exact) mass is 360 g/mol. The van der Waals surface area contributed by atoms with Gasteiger partial charge in [0.1, 0.15) is 0 Å². The van der Waals surface area contributed by atoms with E-state index in [9.17, 15) is 19.8 Å². The number of rotatable bonds is 15. The first kappa shape index (κ1) is 29.6. The van der Waals surface area contributed by atoms with E-state index in [4.69, 9.17) is 0 Å². The first-order valence-electron chi connectivity index (χ1n) is 8.42. The van der Waals surface area contributed by atoms with Crippen LogP contribution < -0.4 is 80.0 Å². The Morgan fingerprint density at radius 2 is 1.42 bits per heavy atom. The van der Waals surface area contributed by atoms with Crippen molar-refractivity contribution in [3.05, 3.63) is 0 Å². The molecule has 0 aromatic carbocycles. The number of amides is 1. The van der Waals surface area contributed by atoms with Crippen molar-refractivity contribution < 1.29 is 78.9 Å². The van der Waals surface area contributed by atoms with Crippen LogP contribution >= 0.6 is 0 Å². The zero-order chi connectivity index (χ0) is 16.6. The summed E-state index contributed by atoms with van der Waals surface area (Å²) < 4.78 is 0. The van der Waals surface area contributed by atoms with Gasteiger partial charge in [0.2, 0.25) is 5.91 Å². The van der Waals surface area contributed by atoms with Gasteiger partial charge >= 0.3 is 59.1 Å². The smallest absolute Gasteiger partial charge is 0.840 e. The normalized spacial score (nSPS) is 11.1. The molecule has 6 nitrogen and oxygen atoms in total. The zero-order valence-electron chi connectivity index (χ0n) is 15.7. The number of nitrogens with one attached hydrogen (secondary N) is 2. The number of hydrogen-bond donors (Lipinski definition) is 2. The minimum atomic E-state index is -1.45. The fourth-order valence-electron chi connectivity index (χ4n) is 2.17. The quantitative estimate of drug-likeness (QED) is 0.172. The van der Waals surface area contributed by atoms with Crippen molar-refractivity contribution in [2.45, 2.75) is 83.8 Å². The van der Waals surface area contributed by atoms with Crippen molar-refractivity contribution >= 4 is 11.9 Å². The van der Waals surface area contributed by atoms with Crippen LogP contribution in [0.25, 0.3) is 0 Å². The first-order valence-corrected chi connectivity index (χ1v) is 8.42. The third-order valence-electron chi connectivity index (χ3n) is 3.47. The van der Waals surface area contributed by atoms with Crippen molar-refractivity contribution in [2.24, 2.45) is 0 Å². The maximum atomic E-state index is 11.5. The summed E-state index contributed by atoms with van der Waals surface area (Å²) in [4.78, 5) is 21.6. The zero-order valence-corrected chi connectivity index (χ0v) is 19.7. The summed E-state index contributed by atoms with van der Waals surface area (Å²) in [5, 5.41) is 26.2. The first-order chi connectivity index (χ1) is 10.6. The molecule has 0 aromatic heterocycles. The van der Waals surface area contributed by atoms with Gasteiger partial charge in [-0.05, 0) is 12.8 Å². The number of unbranched alkanes of at least 4 members (excludes halogenated alkanes) is 8. The SMILES string of the molecule is CCCCCCCCCCCC(=O)NCNC([O-])CC(=O)[O-].[Na+].[Na+]. The van der Waals surface area contributed by atoms with Crippen molar-refractivity contribution in [3.8, 4) is 0 Å². The molecule has 0 heterocycles. The Morgan fingerprint density at radius 1 is 0.917 bits per heavy atom. The molecule has 24 heavy (non-hydrogen) atoms. The van der Waals surface area contributed by atoms with E-state index >= 15 is 0 Å². The molecule has 0 spiro atoms. The molecule has 0 aliphatic carbocycles. The van der Waals surface area contributed by atoms with Crippen LogP contribution in [0.4, 0.5) is 0 Å². The van der Waals surface area contributed by atoms with Gasteiger partial charge in [0.05, 0.1) is 6.67 Å². The van der Waals surface area contributed by atoms with Crippen molar-refractivity contribution in [3.63, 3.8) is 0 Å². The number of carboxylic acid groups (broad SMARTS) is 1. The molecule has 0 saturated carbocycles. The third-order valence-corrected chi connectivity index (χ3v) is 3.47. The molecule has 0 saturated heterocycles. The van der Waals surface area contributed by atoms with Gasteiger partial charge in [-0.3, -0.25) is 4.79 Å². The molecule has 0 aliphatic heterocycles. The molecule has 0 aromatic rings. The molecule has 0 aliphatic rings. The predicted molar refractivity (Wildman–Crippen MR) is 81.4 cm³/mol. The summed E-state index contributed by atoms with van der Waals surface area (Å²) in [6.07, 6.45) is 9.18. The van der Waals surface area contributed by atoms with Gasteiger partial charge in [-0.15, -0.1) is 0 Å². The Bertz CT molecular complexity index is 308. The Labute approximate surface area is 190 Å². The standard InChI is InChI=1S/C16H31N2O4.2Na/c1-2-3-4-5-6-7-8-9-10-11-14(19)17-13-18-15(20)12-16(21)22;;/h15,18H,2-13H2,1H3,(H,17,19)(H,21,22);;/q-1;2*+1/p-1. The molecule has 2 N–H and O–H groups in total. The minimum absolute atomic E-state index is 0. The molecule has 130 valence electrons. The molecule has 0 bridgehead atoms. The molecule has 0 fully saturated rings. The van der Waals surface area contributed by atoms with Crippen LogP contribution in [0.2, 0.25) is 0 Å². The average molecular weight is 360 g/mol. The van der Waals surface area contributed by atoms with Gasteiger partial charge in [-0.2, -0.15) is 0 Å². The summed E-state index contributed by atoms with van der Waals surface area (Å²) in [5.74, 6) is -1.51. The third kappa shape index (κ3) is 22.9. The minimum Gasteiger partial charge on any atom is -0.840 e. The van der Waals surface area contributed by atoms with Crippen LogP contribution in [0, 0.1) is 0 Å². The van der Waals surface area contributed by atoms with Gasteiger partial charge in [-0.25, -0.2) is 0 Å². The van der Waals surface area contributed by atoms with Gasteiger partial charge in [0.15, 0.2) is 0 Å². The fraction of sp³-hybridized carbons (Fsp3) is 0.875. The topological polar surface area (TPSA) is 104 Å². The largest absolute Gasteiger partial charge is 1.00 e. The molecule has 0 rings (SSSR count). The van der Waals surface area contributed by atoms with E-state index in [1.54, 1.807) is 0 Å². The van der Waals surface area contributed by atoms with E-state index in [0.717, 1.165) is 19.3 Å².